The number of nitrogens with one attached hydrogen (secondary N) is 1. The standard InChI is InChI=1S/C17H26N2O/c1-3-4-11-20-12-9-18-14-15-7-8-17-16(13-15)6-5-10-19(17)2/h3,7-8,13,18H,1,4-6,9-12,14H2,2H3. The van der Waals surface area contributed by atoms with Crippen LogP contribution in [-0.2, 0) is 17.7 Å². The van der Waals surface area contributed by atoms with Crippen LogP contribution in [-0.4, -0.2) is 33.4 Å². The minimum absolute atomic E-state index is 0.765. The van der Waals surface area contributed by atoms with Crippen LogP contribution < -0.4 is 10.2 Å². The zero-order valence-corrected chi connectivity index (χ0v) is 12.5. The highest BCUT2D eigenvalue weighted by Crippen LogP contribution is 2.26. The monoisotopic (exact) mass is 274 g/mol. The summed E-state index contributed by atoms with van der Waals surface area (Å²) in [7, 11) is 2.18. The van der Waals surface area contributed by atoms with E-state index < -0.39 is 0 Å². The molecular weight excluding hydrogens is 248 g/mol. The zero-order valence-electron chi connectivity index (χ0n) is 12.5. The van der Waals surface area contributed by atoms with Crippen molar-refractivity contribution in [3.05, 3.63) is 42.0 Å². The van der Waals surface area contributed by atoms with E-state index in [4.69, 9.17) is 4.74 Å². The first-order valence-electron chi connectivity index (χ1n) is 7.53. The molecule has 1 aromatic carbocycles. The van der Waals surface area contributed by atoms with Gasteiger partial charge in [-0.05, 0) is 36.5 Å². The molecule has 110 valence electrons. The minimum Gasteiger partial charge on any atom is -0.380 e. The molecule has 0 atom stereocenters. The summed E-state index contributed by atoms with van der Waals surface area (Å²) in [5, 5.41) is 3.43. The molecule has 0 unspecified atom stereocenters. The van der Waals surface area contributed by atoms with Gasteiger partial charge in [0.1, 0.15) is 0 Å². The molecule has 0 aromatic heterocycles. The molecule has 1 N–H and O–H groups in total. The average Bonchev–Trinajstić information content (AvgIpc) is 2.46. The van der Waals surface area contributed by atoms with Gasteiger partial charge in [-0.25, -0.2) is 0 Å². The van der Waals surface area contributed by atoms with Crippen LogP contribution in [0.5, 0.6) is 0 Å². The zero-order chi connectivity index (χ0) is 14.2. The highest BCUT2D eigenvalue weighted by molar-refractivity contribution is 5.56. The van der Waals surface area contributed by atoms with Crippen LogP contribution in [0.3, 0.4) is 0 Å². The lowest BCUT2D eigenvalue weighted by Crippen LogP contribution is -2.25. The summed E-state index contributed by atoms with van der Waals surface area (Å²) in [6.45, 7) is 8.20. The van der Waals surface area contributed by atoms with Crippen molar-refractivity contribution in [2.45, 2.75) is 25.8 Å². The van der Waals surface area contributed by atoms with E-state index in [0.717, 1.165) is 32.7 Å². The maximum atomic E-state index is 5.48. The largest absolute Gasteiger partial charge is 0.380 e. The number of anilines is 1. The molecule has 0 saturated carbocycles. The van der Waals surface area contributed by atoms with Crippen molar-refractivity contribution in [1.82, 2.24) is 5.32 Å². The van der Waals surface area contributed by atoms with Gasteiger partial charge in [0.15, 0.2) is 0 Å². The first-order chi connectivity index (χ1) is 9.81. The van der Waals surface area contributed by atoms with Crippen LogP contribution in [0.2, 0.25) is 0 Å². The summed E-state index contributed by atoms with van der Waals surface area (Å²) in [6, 6.07) is 6.83. The third-order valence-corrected chi connectivity index (χ3v) is 3.71. The van der Waals surface area contributed by atoms with E-state index in [1.165, 1.54) is 36.2 Å². The lowest BCUT2D eigenvalue weighted by Gasteiger charge is -2.27. The Morgan fingerprint density at radius 1 is 1.40 bits per heavy atom. The van der Waals surface area contributed by atoms with Crippen LogP contribution in [0.15, 0.2) is 30.9 Å². The van der Waals surface area contributed by atoms with E-state index in [2.05, 4.69) is 42.0 Å². The normalized spacial score (nSPS) is 14.2. The number of nitrogens with zero attached hydrogens (tertiary/aromatic N) is 1. The number of rotatable bonds is 8. The summed E-state index contributed by atoms with van der Waals surface area (Å²) in [5.41, 5.74) is 4.25. The molecule has 3 heteroatoms. The van der Waals surface area contributed by atoms with Crippen molar-refractivity contribution in [2.24, 2.45) is 0 Å². The molecule has 1 aliphatic heterocycles. The smallest absolute Gasteiger partial charge is 0.0591 e. The average molecular weight is 274 g/mol. The molecule has 1 aromatic rings. The van der Waals surface area contributed by atoms with Crippen molar-refractivity contribution >= 4 is 5.69 Å². The van der Waals surface area contributed by atoms with Gasteiger partial charge in [-0.2, -0.15) is 0 Å². The molecule has 2 rings (SSSR count). The van der Waals surface area contributed by atoms with Gasteiger partial charge in [-0.3, -0.25) is 0 Å². The van der Waals surface area contributed by atoms with Gasteiger partial charge in [-0.1, -0.05) is 18.2 Å². The SMILES string of the molecule is C=CCCOCCNCc1ccc2c(c1)CCCN2C. The Balaban J connectivity index is 1.72. The summed E-state index contributed by atoms with van der Waals surface area (Å²) in [4.78, 5) is 2.35. The van der Waals surface area contributed by atoms with Gasteiger partial charge in [0.05, 0.1) is 13.2 Å². The highest BCUT2D eigenvalue weighted by atomic mass is 16.5. The van der Waals surface area contributed by atoms with Crippen molar-refractivity contribution in [3.8, 4) is 0 Å². The number of benzene rings is 1. The third kappa shape index (κ3) is 4.36. The number of ether oxygens (including phenoxy) is 1. The molecule has 1 heterocycles. The summed E-state index contributed by atoms with van der Waals surface area (Å²) >= 11 is 0. The second kappa shape index (κ2) is 8.08. The highest BCUT2D eigenvalue weighted by Gasteiger charge is 2.13. The van der Waals surface area contributed by atoms with Crippen LogP contribution in [0.1, 0.15) is 24.0 Å². The molecule has 0 spiro atoms. The molecule has 0 bridgehead atoms. The molecule has 1 aliphatic rings. The van der Waals surface area contributed by atoms with E-state index in [9.17, 15) is 0 Å². The fraction of sp³-hybridized carbons (Fsp3) is 0.529. The fourth-order valence-corrected chi connectivity index (χ4v) is 2.59. The lowest BCUT2D eigenvalue weighted by molar-refractivity contribution is 0.140. The molecule has 0 saturated heterocycles. The van der Waals surface area contributed by atoms with Crippen molar-refractivity contribution in [1.29, 1.82) is 0 Å². The maximum absolute atomic E-state index is 5.48. The second-order valence-electron chi connectivity index (χ2n) is 5.35. The van der Waals surface area contributed by atoms with Crippen LogP contribution >= 0.6 is 0 Å². The predicted molar refractivity (Wildman–Crippen MR) is 85.4 cm³/mol. The number of hydrogen-bond donors (Lipinski definition) is 1. The Labute approximate surface area is 122 Å². The predicted octanol–water partition coefficient (Wildman–Crippen LogP) is 2.75. The van der Waals surface area contributed by atoms with Crippen LogP contribution in [0, 0.1) is 0 Å². The van der Waals surface area contributed by atoms with E-state index in [-0.39, 0.29) is 0 Å². The van der Waals surface area contributed by atoms with Crippen molar-refractivity contribution < 1.29 is 4.74 Å². The molecule has 3 nitrogen and oxygen atoms in total. The number of fused-ring (bicyclic) bond motifs is 1. The van der Waals surface area contributed by atoms with Gasteiger partial charge < -0.3 is 15.0 Å². The van der Waals surface area contributed by atoms with Crippen molar-refractivity contribution in [2.75, 3.05) is 38.3 Å². The Kier molecular flexibility index (Phi) is 6.09. The van der Waals surface area contributed by atoms with E-state index in [1.807, 2.05) is 6.08 Å². The Hall–Kier alpha value is -1.32. The molecular formula is C17H26N2O. The Bertz CT molecular complexity index is 431. The summed E-state index contributed by atoms with van der Waals surface area (Å²) in [5.74, 6) is 0. The maximum Gasteiger partial charge on any atom is 0.0591 e. The number of hydrogen-bond acceptors (Lipinski definition) is 3. The molecule has 0 radical (unpaired) electrons. The first kappa shape index (κ1) is 15.1. The molecule has 0 aliphatic carbocycles. The summed E-state index contributed by atoms with van der Waals surface area (Å²) in [6.07, 6.45) is 5.28. The van der Waals surface area contributed by atoms with Gasteiger partial charge in [0.25, 0.3) is 0 Å². The Morgan fingerprint density at radius 3 is 3.15 bits per heavy atom. The molecule has 0 fully saturated rings. The molecule has 0 amide bonds. The van der Waals surface area contributed by atoms with Gasteiger partial charge in [-0.15, -0.1) is 6.58 Å². The van der Waals surface area contributed by atoms with Gasteiger partial charge >= 0.3 is 0 Å². The summed E-state index contributed by atoms with van der Waals surface area (Å²) < 4.78 is 5.48. The van der Waals surface area contributed by atoms with E-state index in [0.29, 0.717) is 0 Å². The lowest BCUT2D eigenvalue weighted by atomic mass is 9.99. The van der Waals surface area contributed by atoms with Crippen LogP contribution in [0.4, 0.5) is 5.69 Å². The van der Waals surface area contributed by atoms with Gasteiger partial charge in [0.2, 0.25) is 0 Å². The molecule has 20 heavy (non-hydrogen) atoms. The minimum atomic E-state index is 0.765. The van der Waals surface area contributed by atoms with E-state index in [1.54, 1.807) is 0 Å². The third-order valence-electron chi connectivity index (χ3n) is 3.71. The quantitative estimate of drug-likeness (QED) is 0.583. The van der Waals surface area contributed by atoms with Crippen LogP contribution in [0.25, 0.3) is 0 Å². The fourth-order valence-electron chi connectivity index (χ4n) is 2.59. The van der Waals surface area contributed by atoms with E-state index >= 15 is 0 Å². The van der Waals surface area contributed by atoms with Crippen molar-refractivity contribution in [3.63, 3.8) is 0 Å². The topological polar surface area (TPSA) is 24.5 Å². The Morgan fingerprint density at radius 2 is 2.30 bits per heavy atom. The second-order valence-corrected chi connectivity index (χ2v) is 5.35. The number of aryl methyl sites for hydroxylation is 1. The van der Waals surface area contributed by atoms with Gasteiger partial charge in [0, 0.05) is 32.4 Å². The first-order valence-corrected chi connectivity index (χ1v) is 7.53.